The minimum atomic E-state index is -5.42. The fourth-order valence-electron chi connectivity index (χ4n) is 2.57. The molecule has 1 aliphatic heterocycles. The number of dihydropyridines is 1. The number of carbonyl (C=O) groups excluding carboxylic acids is 2. The fraction of sp³-hybridized carbons (Fsp3) is 0.389. The van der Waals surface area contributed by atoms with Crippen LogP contribution in [-0.4, -0.2) is 49.3 Å². The van der Waals surface area contributed by atoms with E-state index in [9.17, 15) is 35.9 Å². The van der Waals surface area contributed by atoms with Crippen LogP contribution in [0.1, 0.15) is 6.42 Å². The summed E-state index contributed by atoms with van der Waals surface area (Å²) in [6.45, 7) is 8.73. The predicted octanol–water partition coefficient (Wildman–Crippen LogP) is 3.88. The van der Waals surface area contributed by atoms with Gasteiger partial charge in [-0.15, -0.1) is 6.58 Å². The van der Waals surface area contributed by atoms with Gasteiger partial charge in [-0.3, -0.25) is 9.79 Å². The lowest BCUT2D eigenvalue weighted by molar-refractivity contribution is -0.173. The minimum absolute atomic E-state index is 0.493. The van der Waals surface area contributed by atoms with Gasteiger partial charge < -0.3 is 9.47 Å². The molecule has 0 radical (unpaired) electrons. The van der Waals surface area contributed by atoms with Crippen molar-refractivity contribution in [2.24, 2.45) is 10.9 Å². The SMILES string of the molecule is C=CCOC(=O)C1=C(CC=C)C(C(=O)OCC=C)C(C(F)(F)F)N=C1C(F)(F)F. The molecular formula is C18H17F6NO4. The highest BCUT2D eigenvalue weighted by Crippen LogP contribution is 2.42. The van der Waals surface area contributed by atoms with Gasteiger partial charge in [-0.1, -0.05) is 31.4 Å². The van der Waals surface area contributed by atoms with Gasteiger partial charge in [-0.25, -0.2) is 4.79 Å². The second-order valence-corrected chi connectivity index (χ2v) is 5.64. The fourth-order valence-corrected chi connectivity index (χ4v) is 2.57. The van der Waals surface area contributed by atoms with Crippen molar-refractivity contribution >= 4 is 17.7 Å². The average Bonchev–Trinajstić information content (AvgIpc) is 2.61. The van der Waals surface area contributed by atoms with Crippen molar-refractivity contribution in [2.45, 2.75) is 24.8 Å². The van der Waals surface area contributed by atoms with E-state index in [1.165, 1.54) is 0 Å². The summed E-state index contributed by atoms with van der Waals surface area (Å²) in [5, 5.41) is 0. The quantitative estimate of drug-likeness (QED) is 0.336. The van der Waals surface area contributed by atoms with Crippen molar-refractivity contribution in [3.63, 3.8) is 0 Å². The maximum absolute atomic E-state index is 13.5. The number of rotatable bonds is 8. The molecule has 0 N–H and O–H groups in total. The number of hydrogen-bond acceptors (Lipinski definition) is 5. The third-order valence-corrected chi connectivity index (χ3v) is 3.62. The number of carbonyl (C=O) groups is 2. The van der Waals surface area contributed by atoms with E-state index in [0.717, 1.165) is 18.2 Å². The van der Waals surface area contributed by atoms with Crippen LogP contribution in [-0.2, 0) is 19.1 Å². The second-order valence-electron chi connectivity index (χ2n) is 5.64. The molecule has 0 bridgehead atoms. The van der Waals surface area contributed by atoms with Crippen LogP contribution in [0.2, 0.25) is 0 Å². The van der Waals surface area contributed by atoms with E-state index in [-0.39, 0.29) is 0 Å². The summed E-state index contributed by atoms with van der Waals surface area (Å²) in [5.41, 5.74) is -4.16. The molecule has 1 aliphatic rings. The Kier molecular flexibility index (Phi) is 7.98. The molecule has 0 aromatic rings. The van der Waals surface area contributed by atoms with Gasteiger partial charge in [0.15, 0.2) is 11.8 Å². The topological polar surface area (TPSA) is 65.0 Å². The molecule has 11 heteroatoms. The average molecular weight is 425 g/mol. The lowest BCUT2D eigenvalue weighted by atomic mass is 9.81. The number of ether oxygens (including phenoxy) is 2. The summed E-state index contributed by atoms with van der Waals surface area (Å²) in [7, 11) is 0. The number of halogens is 6. The Balaban J connectivity index is 3.78. The van der Waals surface area contributed by atoms with E-state index in [4.69, 9.17) is 0 Å². The third-order valence-electron chi connectivity index (χ3n) is 3.62. The van der Waals surface area contributed by atoms with E-state index in [0.29, 0.717) is 0 Å². The van der Waals surface area contributed by atoms with Gasteiger partial charge in [0, 0.05) is 0 Å². The molecule has 1 heterocycles. The number of nitrogens with zero attached hydrogens (tertiary/aromatic N) is 1. The molecule has 0 aliphatic carbocycles. The maximum Gasteiger partial charge on any atom is 0.433 e. The summed E-state index contributed by atoms with van der Waals surface area (Å²) in [6.07, 6.45) is -8.34. The van der Waals surface area contributed by atoms with Crippen LogP contribution in [0.4, 0.5) is 26.3 Å². The molecule has 0 fully saturated rings. The molecule has 0 aromatic carbocycles. The second kappa shape index (κ2) is 9.57. The van der Waals surface area contributed by atoms with Crippen LogP contribution in [0.15, 0.2) is 54.1 Å². The summed E-state index contributed by atoms with van der Waals surface area (Å²) < 4.78 is 90.1. The Morgan fingerprint density at radius 2 is 1.52 bits per heavy atom. The first-order valence-corrected chi connectivity index (χ1v) is 8.01. The van der Waals surface area contributed by atoms with E-state index in [1.54, 1.807) is 0 Å². The van der Waals surface area contributed by atoms with Crippen molar-refractivity contribution in [1.82, 2.24) is 0 Å². The maximum atomic E-state index is 13.5. The summed E-state index contributed by atoms with van der Waals surface area (Å²) in [6, 6.07) is -3.11. The Labute approximate surface area is 162 Å². The molecule has 5 nitrogen and oxygen atoms in total. The first kappa shape index (κ1) is 24.2. The Morgan fingerprint density at radius 1 is 0.966 bits per heavy atom. The number of hydrogen-bond donors (Lipinski definition) is 0. The van der Waals surface area contributed by atoms with E-state index in [1.807, 2.05) is 0 Å². The van der Waals surface area contributed by atoms with Crippen molar-refractivity contribution in [3.05, 3.63) is 49.1 Å². The van der Waals surface area contributed by atoms with Gasteiger partial charge in [-0.05, 0) is 12.0 Å². The molecule has 0 amide bonds. The molecule has 29 heavy (non-hydrogen) atoms. The van der Waals surface area contributed by atoms with Crippen molar-refractivity contribution in [1.29, 1.82) is 0 Å². The lowest BCUT2D eigenvalue weighted by Crippen LogP contribution is -2.47. The summed E-state index contributed by atoms with van der Waals surface area (Å²) in [5.74, 6) is -5.44. The molecule has 160 valence electrons. The lowest BCUT2D eigenvalue weighted by Gasteiger charge is -2.33. The van der Waals surface area contributed by atoms with Crippen molar-refractivity contribution < 1.29 is 45.4 Å². The minimum Gasteiger partial charge on any atom is -0.461 e. The van der Waals surface area contributed by atoms with Crippen LogP contribution < -0.4 is 0 Å². The summed E-state index contributed by atoms with van der Waals surface area (Å²) >= 11 is 0. The van der Waals surface area contributed by atoms with Crippen LogP contribution in [0.25, 0.3) is 0 Å². The Bertz CT molecular complexity index is 748. The van der Waals surface area contributed by atoms with Crippen LogP contribution in [0.3, 0.4) is 0 Å². The van der Waals surface area contributed by atoms with Crippen LogP contribution in [0.5, 0.6) is 0 Å². The highest BCUT2D eigenvalue weighted by molar-refractivity contribution is 6.23. The van der Waals surface area contributed by atoms with Gasteiger partial charge in [0.1, 0.15) is 19.1 Å². The molecule has 0 aromatic heterocycles. The third kappa shape index (κ3) is 5.81. The van der Waals surface area contributed by atoms with Gasteiger partial charge in [-0.2, -0.15) is 26.3 Å². The number of allylic oxidation sites excluding steroid dienone is 1. The molecule has 2 unspecified atom stereocenters. The molecule has 2 atom stereocenters. The monoisotopic (exact) mass is 425 g/mol. The number of esters is 2. The van der Waals surface area contributed by atoms with E-state index in [2.05, 4.69) is 34.2 Å². The zero-order valence-electron chi connectivity index (χ0n) is 15.0. The standard InChI is InChI=1S/C18H17F6NO4/c1-4-7-10-11(15(26)28-8-5-2)13(17(19,20)21)25-14(18(22,23)24)12(10)16(27)29-9-6-3/h4-6,11,13H,1-3,7-9H2. The normalized spacial score (nSPS) is 19.9. The van der Waals surface area contributed by atoms with Crippen LogP contribution >= 0.6 is 0 Å². The summed E-state index contributed by atoms with van der Waals surface area (Å²) in [4.78, 5) is 27.2. The van der Waals surface area contributed by atoms with Gasteiger partial charge in [0.25, 0.3) is 0 Å². The first-order chi connectivity index (χ1) is 13.4. The van der Waals surface area contributed by atoms with E-state index >= 15 is 0 Å². The largest absolute Gasteiger partial charge is 0.461 e. The van der Waals surface area contributed by atoms with Crippen molar-refractivity contribution in [2.75, 3.05) is 13.2 Å². The Morgan fingerprint density at radius 3 is 1.97 bits per heavy atom. The van der Waals surface area contributed by atoms with Gasteiger partial charge >= 0.3 is 24.3 Å². The van der Waals surface area contributed by atoms with E-state index < -0.39 is 72.7 Å². The predicted molar refractivity (Wildman–Crippen MR) is 91.0 cm³/mol. The zero-order chi connectivity index (χ0) is 22.4. The van der Waals surface area contributed by atoms with Gasteiger partial charge in [0.2, 0.25) is 0 Å². The highest BCUT2D eigenvalue weighted by atomic mass is 19.4. The molecule has 0 saturated carbocycles. The van der Waals surface area contributed by atoms with Gasteiger partial charge in [0.05, 0.1) is 5.57 Å². The number of aliphatic imine (C=N–C) groups is 1. The first-order valence-electron chi connectivity index (χ1n) is 8.01. The Hall–Kier alpha value is -2.85. The van der Waals surface area contributed by atoms with Crippen LogP contribution in [0, 0.1) is 5.92 Å². The van der Waals surface area contributed by atoms with Crippen molar-refractivity contribution in [3.8, 4) is 0 Å². The molecule has 1 rings (SSSR count). The zero-order valence-corrected chi connectivity index (χ0v) is 15.0. The highest BCUT2D eigenvalue weighted by Gasteiger charge is 2.56. The molecular weight excluding hydrogens is 408 g/mol. The molecule has 0 spiro atoms. The number of alkyl halides is 6. The smallest absolute Gasteiger partial charge is 0.433 e. The molecule has 0 saturated heterocycles.